The number of benzene rings is 1. The summed E-state index contributed by atoms with van der Waals surface area (Å²) >= 11 is 5.03. The first-order valence-corrected chi connectivity index (χ1v) is 6.40. The van der Waals surface area contributed by atoms with E-state index in [-0.39, 0.29) is 0 Å². The number of pyridine rings is 1. The van der Waals surface area contributed by atoms with E-state index < -0.39 is 0 Å². The fourth-order valence-electron chi connectivity index (χ4n) is 1.86. The lowest BCUT2D eigenvalue weighted by atomic mass is 10.1. The van der Waals surface area contributed by atoms with Crippen molar-refractivity contribution in [1.29, 1.82) is 0 Å². The quantitative estimate of drug-likeness (QED) is 0.870. The van der Waals surface area contributed by atoms with E-state index >= 15 is 0 Å². The van der Waals surface area contributed by atoms with Crippen molar-refractivity contribution in [3.63, 3.8) is 0 Å². The molecular formula is C15H16N2OS. The van der Waals surface area contributed by atoms with Gasteiger partial charge in [0, 0.05) is 6.20 Å². The molecule has 2 N–H and O–H groups in total. The third kappa shape index (κ3) is 2.74. The first-order chi connectivity index (χ1) is 9.00. The second-order valence-corrected chi connectivity index (χ2v) is 4.93. The van der Waals surface area contributed by atoms with Crippen LogP contribution in [-0.4, -0.2) is 9.97 Å². The van der Waals surface area contributed by atoms with Crippen LogP contribution in [0.2, 0.25) is 0 Å². The van der Waals surface area contributed by atoms with Gasteiger partial charge in [-0.3, -0.25) is 4.98 Å². The molecular weight excluding hydrogens is 256 g/mol. The first kappa shape index (κ1) is 13.5. The normalized spacial score (nSPS) is 10.3. The van der Waals surface area contributed by atoms with Crippen LogP contribution in [0, 0.1) is 20.8 Å². The predicted molar refractivity (Wildman–Crippen MR) is 80.9 cm³/mol. The molecule has 0 spiro atoms. The van der Waals surface area contributed by atoms with Crippen LogP contribution in [0.15, 0.2) is 30.6 Å². The Balaban J connectivity index is 2.48. The van der Waals surface area contributed by atoms with E-state index in [0.717, 1.165) is 16.9 Å². The highest BCUT2D eigenvalue weighted by molar-refractivity contribution is 7.80. The molecule has 0 radical (unpaired) electrons. The zero-order valence-electron chi connectivity index (χ0n) is 11.2. The maximum absolute atomic E-state index is 5.98. The second-order valence-electron chi connectivity index (χ2n) is 4.49. The monoisotopic (exact) mass is 272 g/mol. The van der Waals surface area contributed by atoms with Crippen molar-refractivity contribution < 1.29 is 4.74 Å². The molecule has 19 heavy (non-hydrogen) atoms. The highest BCUT2D eigenvalue weighted by atomic mass is 32.1. The van der Waals surface area contributed by atoms with Gasteiger partial charge in [0.15, 0.2) is 5.75 Å². The van der Waals surface area contributed by atoms with Crippen LogP contribution >= 0.6 is 12.2 Å². The standard InChI is InChI=1S/C15H16N2OS/c1-9-4-5-10(2)14(11(9)3)18-13-8-17-7-6-12(13)15(16)19/h4-8H,1-3H3,(H2,16,19). The minimum Gasteiger partial charge on any atom is -0.454 e. The second kappa shape index (κ2) is 5.36. The van der Waals surface area contributed by atoms with Crippen LogP contribution in [0.25, 0.3) is 0 Å². The van der Waals surface area contributed by atoms with Crippen LogP contribution < -0.4 is 10.5 Å². The van der Waals surface area contributed by atoms with Gasteiger partial charge < -0.3 is 10.5 Å². The van der Waals surface area contributed by atoms with Gasteiger partial charge in [-0.15, -0.1) is 0 Å². The third-order valence-electron chi connectivity index (χ3n) is 3.14. The molecule has 0 fully saturated rings. The number of ether oxygens (including phenoxy) is 1. The van der Waals surface area contributed by atoms with Crippen LogP contribution in [0.1, 0.15) is 22.3 Å². The summed E-state index contributed by atoms with van der Waals surface area (Å²) in [6, 6.07) is 5.88. The molecule has 0 aliphatic heterocycles. The Morgan fingerprint density at radius 1 is 1.16 bits per heavy atom. The highest BCUT2D eigenvalue weighted by Gasteiger charge is 2.12. The lowest BCUT2D eigenvalue weighted by Gasteiger charge is -2.15. The zero-order chi connectivity index (χ0) is 14.0. The average molecular weight is 272 g/mol. The lowest BCUT2D eigenvalue weighted by molar-refractivity contribution is 0.471. The Kier molecular flexibility index (Phi) is 3.81. The van der Waals surface area contributed by atoms with Crippen molar-refractivity contribution in [1.82, 2.24) is 4.98 Å². The number of hydrogen-bond acceptors (Lipinski definition) is 3. The van der Waals surface area contributed by atoms with Crippen LogP contribution in [-0.2, 0) is 0 Å². The van der Waals surface area contributed by atoms with Crippen molar-refractivity contribution in [2.75, 3.05) is 0 Å². The molecule has 2 rings (SSSR count). The maximum Gasteiger partial charge on any atom is 0.155 e. The van der Waals surface area contributed by atoms with Gasteiger partial charge in [-0.25, -0.2) is 0 Å². The Morgan fingerprint density at radius 3 is 2.53 bits per heavy atom. The summed E-state index contributed by atoms with van der Waals surface area (Å²) in [4.78, 5) is 4.37. The van der Waals surface area contributed by atoms with Gasteiger partial charge in [-0.2, -0.15) is 0 Å². The van der Waals surface area contributed by atoms with Crippen molar-refractivity contribution in [3.8, 4) is 11.5 Å². The number of thiocarbonyl (C=S) groups is 1. The molecule has 0 bridgehead atoms. The number of nitrogens with two attached hydrogens (primary N) is 1. The van der Waals surface area contributed by atoms with Crippen molar-refractivity contribution in [2.24, 2.45) is 5.73 Å². The molecule has 1 aromatic carbocycles. The molecule has 0 amide bonds. The number of aryl methyl sites for hydroxylation is 2. The van der Waals surface area contributed by atoms with Crippen LogP contribution in [0.3, 0.4) is 0 Å². The van der Waals surface area contributed by atoms with Gasteiger partial charge >= 0.3 is 0 Å². The van der Waals surface area contributed by atoms with E-state index in [9.17, 15) is 0 Å². The molecule has 4 heteroatoms. The third-order valence-corrected chi connectivity index (χ3v) is 3.36. The molecule has 0 unspecified atom stereocenters. The Labute approximate surface area is 118 Å². The number of rotatable bonds is 3. The molecule has 1 aromatic heterocycles. The fourth-order valence-corrected chi connectivity index (χ4v) is 2.03. The van der Waals surface area contributed by atoms with Crippen molar-refractivity contribution in [2.45, 2.75) is 20.8 Å². The molecule has 0 aliphatic carbocycles. The molecule has 1 heterocycles. The Bertz CT molecular complexity index is 638. The fraction of sp³-hybridized carbons (Fsp3) is 0.200. The van der Waals surface area contributed by atoms with Crippen LogP contribution in [0.5, 0.6) is 11.5 Å². The summed E-state index contributed by atoms with van der Waals surface area (Å²) in [5, 5.41) is 0. The van der Waals surface area contributed by atoms with E-state index in [1.807, 2.05) is 19.9 Å². The van der Waals surface area contributed by atoms with E-state index in [1.165, 1.54) is 5.56 Å². The number of nitrogens with zero attached hydrogens (tertiary/aromatic N) is 1. The Morgan fingerprint density at radius 2 is 1.84 bits per heavy atom. The Hall–Kier alpha value is -1.94. The minimum absolute atomic E-state index is 0.306. The van der Waals surface area contributed by atoms with Crippen molar-refractivity contribution >= 4 is 17.2 Å². The van der Waals surface area contributed by atoms with Gasteiger partial charge in [0.2, 0.25) is 0 Å². The maximum atomic E-state index is 5.98. The summed E-state index contributed by atoms with van der Waals surface area (Å²) in [7, 11) is 0. The van der Waals surface area contributed by atoms with Gasteiger partial charge in [0.25, 0.3) is 0 Å². The topological polar surface area (TPSA) is 48.1 Å². The first-order valence-electron chi connectivity index (χ1n) is 5.99. The van der Waals surface area contributed by atoms with E-state index in [4.69, 9.17) is 22.7 Å². The zero-order valence-corrected chi connectivity index (χ0v) is 12.0. The molecule has 3 nitrogen and oxygen atoms in total. The van der Waals surface area contributed by atoms with Gasteiger partial charge in [0.05, 0.1) is 11.8 Å². The number of hydrogen-bond donors (Lipinski definition) is 1. The lowest BCUT2D eigenvalue weighted by Crippen LogP contribution is -2.11. The minimum atomic E-state index is 0.306. The molecule has 98 valence electrons. The molecule has 0 saturated carbocycles. The van der Waals surface area contributed by atoms with Crippen LogP contribution in [0.4, 0.5) is 0 Å². The SMILES string of the molecule is Cc1ccc(C)c(Oc2cnccc2C(N)=S)c1C. The number of aromatic nitrogens is 1. The summed E-state index contributed by atoms with van der Waals surface area (Å²) < 4.78 is 5.98. The van der Waals surface area contributed by atoms with E-state index in [0.29, 0.717) is 16.3 Å². The van der Waals surface area contributed by atoms with E-state index in [2.05, 4.69) is 18.0 Å². The van der Waals surface area contributed by atoms with Gasteiger partial charge in [-0.1, -0.05) is 24.4 Å². The molecule has 0 saturated heterocycles. The largest absolute Gasteiger partial charge is 0.454 e. The van der Waals surface area contributed by atoms with Gasteiger partial charge in [-0.05, 0) is 43.5 Å². The molecule has 0 atom stereocenters. The molecule has 0 aliphatic rings. The predicted octanol–water partition coefficient (Wildman–Crippen LogP) is 3.43. The molecule has 2 aromatic rings. The van der Waals surface area contributed by atoms with Gasteiger partial charge in [0.1, 0.15) is 10.7 Å². The highest BCUT2D eigenvalue weighted by Crippen LogP contribution is 2.31. The van der Waals surface area contributed by atoms with E-state index in [1.54, 1.807) is 18.5 Å². The summed E-state index contributed by atoms with van der Waals surface area (Å²) in [5.41, 5.74) is 9.76. The summed E-state index contributed by atoms with van der Waals surface area (Å²) in [6.45, 7) is 6.10. The van der Waals surface area contributed by atoms with Crippen molar-refractivity contribution in [3.05, 3.63) is 52.8 Å². The smallest absolute Gasteiger partial charge is 0.155 e. The summed E-state index contributed by atoms with van der Waals surface area (Å²) in [6.07, 6.45) is 3.28. The average Bonchev–Trinajstić information content (AvgIpc) is 2.39. The summed E-state index contributed by atoms with van der Waals surface area (Å²) in [5.74, 6) is 1.43.